The van der Waals surface area contributed by atoms with Crippen molar-refractivity contribution in [1.29, 1.82) is 0 Å². The highest BCUT2D eigenvalue weighted by molar-refractivity contribution is 5.93. The molecular weight excluding hydrogens is 354 g/mol. The lowest BCUT2D eigenvalue weighted by atomic mass is 9.87. The summed E-state index contributed by atoms with van der Waals surface area (Å²) in [6, 6.07) is 11.3. The summed E-state index contributed by atoms with van der Waals surface area (Å²) in [5.74, 6) is 0.890. The lowest BCUT2D eigenvalue weighted by Crippen LogP contribution is -2.48. The molecule has 6 nitrogen and oxygen atoms in total. The van der Waals surface area contributed by atoms with Crippen molar-refractivity contribution in [2.75, 3.05) is 13.1 Å². The van der Waals surface area contributed by atoms with Gasteiger partial charge in [0, 0.05) is 36.7 Å². The molecule has 148 valence electrons. The van der Waals surface area contributed by atoms with Crippen LogP contribution in [0.2, 0.25) is 0 Å². The molecule has 1 aliphatic carbocycles. The number of aromatic nitrogens is 1. The average Bonchev–Trinajstić information content (AvgIpc) is 3.26. The van der Waals surface area contributed by atoms with E-state index in [2.05, 4.69) is 10.5 Å². The Morgan fingerprint density at radius 3 is 2.43 bits per heavy atom. The summed E-state index contributed by atoms with van der Waals surface area (Å²) in [6.45, 7) is 1.43. The first-order chi connectivity index (χ1) is 13.7. The van der Waals surface area contributed by atoms with Crippen molar-refractivity contribution in [2.24, 2.45) is 5.92 Å². The van der Waals surface area contributed by atoms with Crippen LogP contribution in [0.5, 0.6) is 0 Å². The molecule has 2 fully saturated rings. The van der Waals surface area contributed by atoms with Gasteiger partial charge in [-0.1, -0.05) is 54.8 Å². The molecule has 1 aromatic carbocycles. The SMILES string of the molecule is O=C(NC1CCN(C(=O)C2CCCCC2)CC1)c1cc(-c2ccccc2)on1. The lowest BCUT2D eigenvalue weighted by molar-refractivity contribution is -0.137. The number of piperidine rings is 1. The minimum Gasteiger partial charge on any atom is -0.355 e. The van der Waals surface area contributed by atoms with Gasteiger partial charge >= 0.3 is 0 Å². The van der Waals surface area contributed by atoms with Crippen LogP contribution < -0.4 is 5.32 Å². The van der Waals surface area contributed by atoms with E-state index in [0.717, 1.165) is 31.2 Å². The van der Waals surface area contributed by atoms with Gasteiger partial charge in [-0.2, -0.15) is 0 Å². The molecule has 28 heavy (non-hydrogen) atoms. The summed E-state index contributed by atoms with van der Waals surface area (Å²) in [5.41, 5.74) is 1.18. The summed E-state index contributed by atoms with van der Waals surface area (Å²) in [6.07, 6.45) is 7.24. The number of nitrogens with one attached hydrogen (secondary N) is 1. The number of rotatable bonds is 4. The maximum atomic E-state index is 12.7. The second-order valence-corrected chi connectivity index (χ2v) is 7.85. The van der Waals surface area contributed by atoms with Crippen LogP contribution in [0.3, 0.4) is 0 Å². The van der Waals surface area contributed by atoms with Crippen LogP contribution in [-0.4, -0.2) is 41.0 Å². The summed E-state index contributed by atoms with van der Waals surface area (Å²) >= 11 is 0. The largest absolute Gasteiger partial charge is 0.355 e. The second-order valence-electron chi connectivity index (χ2n) is 7.85. The standard InChI is InChI=1S/C22H27N3O3/c26-21(19-15-20(28-24-19)16-7-3-1-4-8-16)23-18-11-13-25(14-12-18)22(27)17-9-5-2-6-10-17/h1,3-4,7-8,15,17-18H,2,5-6,9-14H2,(H,23,26). The Balaban J connectivity index is 1.28. The van der Waals surface area contributed by atoms with E-state index < -0.39 is 0 Å². The molecule has 1 saturated carbocycles. The van der Waals surface area contributed by atoms with E-state index >= 15 is 0 Å². The number of amides is 2. The van der Waals surface area contributed by atoms with Crippen LogP contribution in [0.4, 0.5) is 0 Å². The third-order valence-electron chi connectivity index (χ3n) is 5.90. The molecule has 2 amide bonds. The highest BCUT2D eigenvalue weighted by Crippen LogP contribution is 2.27. The van der Waals surface area contributed by atoms with Gasteiger partial charge in [0.2, 0.25) is 5.91 Å². The fourth-order valence-corrected chi connectivity index (χ4v) is 4.23. The normalized spacial score (nSPS) is 18.8. The first-order valence-corrected chi connectivity index (χ1v) is 10.3. The van der Waals surface area contributed by atoms with E-state index in [1.165, 1.54) is 19.3 Å². The summed E-state index contributed by atoms with van der Waals surface area (Å²) < 4.78 is 5.31. The molecule has 0 bridgehead atoms. The Bertz CT molecular complexity index is 803. The highest BCUT2D eigenvalue weighted by atomic mass is 16.5. The molecule has 1 saturated heterocycles. The van der Waals surface area contributed by atoms with E-state index in [4.69, 9.17) is 4.52 Å². The van der Waals surface area contributed by atoms with Crippen molar-refractivity contribution in [2.45, 2.75) is 51.0 Å². The summed E-state index contributed by atoms with van der Waals surface area (Å²) in [4.78, 5) is 27.2. The molecular formula is C22H27N3O3. The molecule has 2 aromatic rings. The number of hydrogen-bond acceptors (Lipinski definition) is 4. The average molecular weight is 381 g/mol. The van der Waals surface area contributed by atoms with E-state index in [-0.39, 0.29) is 17.9 Å². The molecule has 4 rings (SSSR count). The summed E-state index contributed by atoms with van der Waals surface area (Å²) in [5, 5.41) is 6.95. The number of nitrogens with zero attached hydrogens (tertiary/aromatic N) is 2. The van der Waals surface area contributed by atoms with Crippen molar-refractivity contribution in [3.05, 3.63) is 42.1 Å². The predicted octanol–water partition coefficient (Wildman–Crippen LogP) is 3.64. The quantitative estimate of drug-likeness (QED) is 0.877. The van der Waals surface area contributed by atoms with Crippen LogP contribution in [0.25, 0.3) is 11.3 Å². The van der Waals surface area contributed by atoms with Crippen molar-refractivity contribution in [3.8, 4) is 11.3 Å². The monoisotopic (exact) mass is 381 g/mol. The van der Waals surface area contributed by atoms with Gasteiger partial charge in [0.25, 0.3) is 5.91 Å². The maximum absolute atomic E-state index is 12.7. The fourth-order valence-electron chi connectivity index (χ4n) is 4.23. The Kier molecular flexibility index (Phi) is 5.74. The van der Waals surface area contributed by atoms with Gasteiger partial charge in [0.1, 0.15) is 0 Å². The Labute approximate surface area is 165 Å². The van der Waals surface area contributed by atoms with Crippen molar-refractivity contribution < 1.29 is 14.1 Å². The Hall–Kier alpha value is -2.63. The smallest absolute Gasteiger partial charge is 0.273 e. The molecule has 2 aliphatic rings. The molecule has 1 N–H and O–H groups in total. The van der Waals surface area contributed by atoms with Crippen molar-refractivity contribution in [3.63, 3.8) is 0 Å². The van der Waals surface area contributed by atoms with Gasteiger partial charge in [0.15, 0.2) is 11.5 Å². The zero-order valence-electron chi connectivity index (χ0n) is 16.1. The molecule has 1 aromatic heterocycles. The van der Waals surface area contributed by atoms with Gasteiger partial charge < -0.3 is 14.7 Å². The predicted molar refractivity (Wildman–Crippen MR) is 106 cm³/mol. The zero-order valence-corrected chi connectivity index (χ0v) is 16.1. The topological polar surface area (TPSA) is 75.4 Å². The first kappa shape index (κ1) is 18.7. The van der Waals surface area contributed by atoms with Gasteiger partial charge in [-0.3, -0.25) is 9.59 Å². The molecule has 0 spiro atoms. The summed E-state index contributed by atoms with van der Waals surface area (Å²) in [7, 11) is 0. The third kappa shape index (κ3) is 4.26. The van der Waals surface area contributed by atoms with E-state index in [1.54, 1.807) is 6.07 Å². The molecule has 0 unspecified atom stereocenters. The third-order valence-corrected chi connectivity index (χ3v) is 5.90. The molecule has 2 heterocycles. The van der Waals surface area contributed by atoms with Crippen molar-refractivity contribution >= 4 is 11.8 Å². The number of hydrogen-bond donors (Lipinski definition) is 1. The van der Waals surface area contributed by atoms with Crippen LogP contribution in [0.1, 0.15) is 55.4 Å². The fraction of sp³-hybridized carbons (Fsp3) is 0.500. The van der Waals surface area contributed by atoms with Crippen LogP contribution >= 0.6 is 0 Å². The highest BCUT2D eigenvalue weighted by Gasteiger charge is 2.30. The Morgan fingerprint density at radius 1 is 1.00 bits per heavy atom. The van der Waals surface area contributed by atoms with E-state index in [1.807, 2.05) is 35.2 Å². The van der Waals surface area contributed by atoms with Gasteiger partial charge in [0.05, 0.1) is 0 Å². The first-order valence-electron chi connectivity index (χ1n) is 10.3. The van der Waals surface area contributed by atoms with E-state index in [0.29, 0.717) is 30.5 Å². The number of carbonyl (C=O) groups is 2. The lowest BCUT2D eigenvalue weighted by Gasteiger charge is -2.35. The second kappa shape index (κ2) is 8.59. The molecule has 0 atom stereocenters. The molecule has 0 radical (unpaired) electrons. The number of carbonyl (C=O) groups excluding carboxylic acids is 2. The van der Waals surface area contributed by atoms with Gasteiger partial charge in [-0.25, -0.2) is 0 Å². The van der Waals surface area contributed by atoms with E-state index in [9.17, 15) is 9.59 Å². The minimum absolute atomic E-state index is 0.0692. The molecule has 1 aliphatic heterocycles. The number of likely N-dealkylation sites (tertiary alicyclic amines) is 1. The Morgan fingerprint density at radius 2 is 1.71 bits per heavy atom. The zero-order chi connectivity index (χ0) is 19.3. The minimum atomic E-state index is -0.219. The maximum Gasteiger partial charge on any atom is 0.273 e. The van der Waals surface area contributed by atoms with Crippen LogP contribution in [0.15, 0.2) is 40.9 Å². The number of benzene rings is 1. The molecule has 6 heteroatoms. The van der Waals surface area contributed by atoms with Crippen LogP contribution in [0, 0.1) is 5.92 Å². The van der Waals surface area contributed by atoms with Gasteiger partial charge in [-0.05, 0) is 25.7 Å². The van der Waals surface area contributed by atoms with Crippen molar-refractivity contribution in [1.82, 2.24) is 15.4 Å². The van der Waals surface area contributed by atoms with Crippen LogP contribution in [-0.2, 0) is 4.79 Å². The van der Waals surface area contributed by atoms with Gasteiger partial charge in [-0.15, -0.1) is 0 Å².